The van der Waals surface area contributed by atoms with Crippen LogP contribution in [0.2, 0.25) is 0 Å². The molecule has 0 N–H and O–H groups in total. The molecule has 1 fully saturated rings. The summed E-state index contributed by atoms with van der Waals surface area (Å²) in [5, 5.41) is 12.7. The highest BCUT2D eigenvalue weighted by Gasteiger charge is 2.28. The third kappa shape index (κ3) is 5.05. The summed E-state index contributed by atoms with van der Waals surface area (Å²) < 4.78 is 7.22. The van der Waals surface area contributed by atoms with Crippen LogP contribution in [0.1, 0.15) is 50.5 Å². The van der Waals surface area contributed by atoms with Gasteiger partial charge in [0, 0.05) is 26.2 Å². The average molecular weight is 373 g/mol. The lowest BCUT2D eigenvalue weighted by Gasteiger charge is -2.38. The van der Waals surface area contributed by atoms with Gasteiger partial charge in [0.1, 0.15) is 5.75 Å². The van der Waals surface area contributed by atoms with Crippen molar-refractivity contribution in [2.45, 2.75) is 45.7 Å². The van der Waals surface area contributed by atoms with Gasteiger partial charge in [-0.15, -0.1) is 5.10 Å². The largest absolute Gasteiger partial charge is 0.497 e. The maximum Gasteiger partial charge on any atom is 0.168 e. The lowest BCUT2D eigenvalue weighted by Crippen LogP contribution is -2.47. The molecule has 0 aliphatic carbocycles. The van der Waals surface area contributed by atoms with Gasteiger partial charge < -0.3 is 9.64 Å². The minimum absolute atomic E-state index is 0.289. The molecule has 1 aromatic carbocycles. The summed E-state index contributed by atoms with van der Waals surface area (Å²) >= 11 is 0. The van der Waals surface area contributed by atoms with E-state index < -0.39 is 0 Å². The summed E-state index contributed by atoms with van der Waals surface area (Å²) in [6.07, 6.45) is 3.48. The predicted molar refractivity (Wildman–Crippen MR) is 106 cm³/mol. The van der Waals surface area contributed by atoms with Crippen LogP contribution in [-0.2, 0) is 6.54 Å². The van der Waals surface area contributed by atoms with Gasteiger partial charge in [0.15, 0.2) is 5.82 Å². The number of ether oxygens (including phenoxy) is 1. The Bertz CT molecular complexity index is 678. The van der Waals surface area contributed by atoms with Crippen molar-refractivity contribution in [2.24, 2.45) is 0 Å². The summed E-state index contributed by atoms with van der Waals surface area (Å²) in [5.41, 5.74) is 1.18. The molecule has 0 bridgehead atoms. The van der Waals surface area contributed by atoms with E-state index in [9.17, 15) is 0 Å². The third-order valence-corrected chi connectivity index (χ3v) is 5.48. The number of benzene rings is 1. The number of likely N-dealkylation sites (N-methyl/N-ethyl adjacent to an activating group) is 1. The first kappa shape index (κ1) is 19.8. The van der Waals surface area contributed by atoms with Crippen molar-refractivity contribution in [1.29, 1.82) is 0 Å². The number of aromatic nitrogens is 4. The summed E-state index contributed by atoms with van der Waals surface area (Å²) in [7, 11) is 1.69. The highest BCUT2D eigenvalue weighted by atomic mass is 16.5. The Balaban J connectivity index is 1.75. The van der Waals surface area contributed by atoms with E-state index in [2.05, 4.69) is 51.3 Å². The fraction of sp³-hybridized carbons (Fsp3) is 0.650. The van der Waals surface area contributed by atoms with Crippen LogP contribution in [0.5, 0.6) is 5.75 Å². The standard InChI is InChI=1S/C20H32N6O/c1-4-6-7-19(25-14-12-24(5-2)13-15-25)20-21-22-23-26(20)16-17-8-10-18(27-3)11-9-17/h8-11,19H,4-7,12-16H2,1-3H3. The molecule has 1 aromatic heterocycles. The molecule has 0 saturated carbocycles. The first-order chi connectivity index (χ1) is 13.2. The second-order valence-electron chi connectivity index (χ2n) is 7.17. The highest BCUT2D eigenvalue weighted by molar-refractivity contribution is 5.27. The summed E-state index contributed by atoms with van der Waals surface area (Å²) in [5.74, 6) is 1.86. The predicted octanol–water partition coefficient (Wildman–Crippen LogP) is 2.60. The number of tetrazole rings is 1. The molecule has 0 amide bonds. The molecule has 7 nitrogen and oxygen atoms in total. The van der Waals surface area contributed by atoms with E-state index >= 15 is 0 Å². The first-order valence-corrected chi connectivity index (χ1v) is 10.1. The third-order valence-electron chi connectivity index (χ3n) is 5.48. The molecule has 1 saturated heterocycles. The Kier molecular flexibility index (Phi) is 7.18. The average Bonchev–Trinajstić information content (AvgIpc) is 3.17. The van der Waals surface area contributed by atoms with Crippen LogP contribution in [0.25, 0.3) is 0 Å². The molecule has 148 valence electrons. The van der Waals surface area contributed by atoms with Gasteiger partial charge in [0.25, 0.3) is 0 Å². The Morgan fingerprint density at radius 2 is 1.81 bits per heavy atom. The number of rotatable bonds is 9. The van der Waals surface area contributed by atoms with E-state index in [-0.39, 0.29) is 6.04 Å². The summed E-state index contributed by atoms with van der Waals surface area (Å²) in [4.78, 5) is 5.08. The van der Waals surface area contributed by atoms with Crippen molar-refractivity contribution < 1.29 is 4.74 Å². The van der Waals surface area contributed by atoms with Crippen LogP contribution in [0.3, 0.4) is 0 Å². The first-order valence-electron chi connectivity index (χ1n) is 10.1. The number of piperazine rings is 1. The van der Waals surface area contributed by atoms with E-state index in [1.807, 2.05) is 16.8 Å². The van der Waals surface area contributed by atoms with E-state index in [0.717, 1.165) is 50.7 Å². The highest BCUT2D eigenvalue weighted by Crippen LogP contribution is 2.26. The SMILES string of the molecule is CCCCC(c1nnnn1Cc1ccc(OC)cc1)N1CCN(CC)CC1. The van der Waals surface area contributed by atoms with Gasteiger partial charge in [0.2, 0.25) is 0 Å². The van der Waals surface area contributed by atoms with Crippen LogP contribution in [0.4, 0.5) is 0 Å². The van der Waals surface area contributed by atoms with Crippen LogP contribution < -0.4 is 4.74 Å². The number of unbranched alkanes of at least 4 members (excludes halogenated alkanes) is 1. The number of hydrogen-bond donors (Lipinski definition) is 0. The minimum atomic E-state index is 0.289. The van der Waals surface area contributed by atoms with E-state index in [1.54, 1.807) is 7.11 Å². The fourth-order valence-corrected chi connectivity index (χ4v) is 3.73. The summed E-state index contributed by atoms with van der Waals surface area (Å²) in [6, 6.07) is 8.41. The van der Waals surface area contributed by atoms with Gasteiger partial charge in [-0.3, -0.25) is 4.90 Å². The zero-order valence-corrected chi connectivity index (χ0v) is 16.8. The molecular formula is C20H32N6O. The second kappa shape index (κ2) is 9.80. The molecular weight excluding hydrogens is 340 g/mol. The van der Waals surface area contributed by atoms with Gasteiger partial charge in [0.05, 0.1) is 19.7 Å². The van der Waals surface area contributed by atoms with Crippen LogP contribution in [0, 0.1) is 0 Å². The van der Waals surface area contributed by atoms with E-state index in [4.69, 9.17) is 4.74 Å². The molecule has 2 aromatic rings. The Morgan fingerprint density at radius 3 is 2.44 bits per heavy atom. The van der Waals surface area contributed by atoms with Crippen molar-refractivity contribution in [1.82, 2.24) is 30.0 Å². The Morgan fingerprint density at radius 1 is 1.07 bits per heavy atom. The Labute approximate surface area is 162 Å². The number of methoxy groups -OCH3 is 1. The molecule has 1 aliphatic rings. The topological polar surface area (TPSA) is 59.3 Å². The van der Waals surface area contributed by atoms with Gasteiger partial charge >= 0.3 is 0 Å². The molecule has 3 rings (SSSR count). The van der Waals surface area contributed by atoms with Crippen molar-refractivity contribution in [3.63, 3.8) is 0 Å². The van der Waals surface area contributed by atoms with E-state index in [0.29, 0.717) is 6.54 Å². The quantitative estimate of drug-likeness (QED) is 0.674. The molecule has 27 heavy (non-hydrogen) atoms. The van der Waals surface area contributed by atoms with Gasteiger partial charge in [-0.05, 0) is 41.1 Å². The minimum Gasteiger partial charge on any atom is -0.497 e. The Hall–Kier alpha value is -1.99. The van der Waals surface area contributed by atoms with Crippen LogP contribution >= 0.6 is 0 Å². The van der Waals surface area contributed by atoms with Crippen LogP contribution in [-0.4, -0.2) is 69.8 Å². The molecule has 0 radical (unpaired) electrons. The van der Waals surface area contributed by atoms with E-state index in [1.165, 1.54) is 18.4 Å². The smallest absolute Gasteiger partial charge is 0.168 e. The molecule has 7 heteroatoms. The lowest BCUT2D eigenvalue weighted by molar-refractivity contribution is 0.0882. The molecule has 1 unspecified atom stereocenters. The van der Waals surface area contributed by atoms with Gasteiger partial charge in [-0.25, -0.2) is 4.68 Å². The second-order valence-corrected chi connectivity index (χ2v) is 7.17. The monoisotopic (exact) mass is 372 g/mol. The summed E-state index contributed by atoms with van der Waals surface area (Å²) in [6.45, 7) is 10.7. The molecule has 0 spiro atoms. The van der Waals surface area contributed by atoms with Crippen molar-refractivity contribution in [3.05, 3.63) is 35.7 Å². The van der Waals surface area contributed by atoms with Crippen molar-refractivity contribution >= 4 is 0 Å². The van der Waals surface area contributed by atoms with Crippen molar-refractivity contribution in [3.8, 4) is 5.75 Å². The number of hydrogen-bond acceptors (Lipinski definition) is 6. The maximum absolute atomic E-state index is 5.25. The fourth-order valence-electron chi connectivity index (χ4n) is 3.73. The van der Waals surface area contributed by atoms with Gasteiger partial charge in [-0.1, -0.05) is 38.8 Å². The van der Waals surface area contributed by atoms with Gasteiger partial charge in [-0.2, -0.15) is 0 Å². The normalized spacial score (nSPS) is 17.1. The lowest BCUT2D eigenvalue weighted by atomic mass is 10.1. The zero-order chi connectivity index (χ0) is 19.1. The number of nitrogens with zero attached hydrogens (tertiary/aromatic N) is 6. The zero-order valence-electron chi connectivity index (χ0n) is 16.8. The van der Waals surface area contributed by atoms with Crippen LogP contribution in [0.15, 0.2) is 24.3 Å². The maximum atomic E-state index is 5.25. The molecule has 2 heterocycles. The van der Waals surface area contributed by atoms with Crippen molar-refractivity contribution in [2.75, 3.05) is 39.8 Å². The molecule has 1 atom stereocenters. The molecule has 1 aliphatic heterocycles.